The SMILES string of the molecule is C=N/C=C\C(=C/C)CNC(=O)N[C@H]1[C@@H]2C[C@@H](O[C@@H]3O[C@H](C)[C@@H](O)[C@H](N)[C@@H]3O)/C=C/C=C/C=C/C=C/C=C/C=C/C=C/[C@H](C)[C@@H](O)[C@@H](C)[C@H](C)OC(=O)C[C@H](O)C[C@H](O)CC[C@@H](O)[C@H](O)C[C@H](O)C[C@](O)(C[C@@H]1O)O2. The van der Waals surface area contributed by atoms with E-state index in [9.17, 15) is 60.7 Å². The van der Waals surface area contributed by atoms with Crippen LogP contribution >= 0.6 is 0 Å². The lowest BCUT2D eigenvalue weighted by atomic mass is 9.87. The van der Waals surface area contributed by atoms with Gasteiger partial charge in [-0.2, -0.15) is 0 Å². The van der Waals surface area contributed by atoms with Crippen molar-refractivity contribution in [3.05, 3.63) is 109 Å². The lowest BCUT2D eigenvalue weighted by molar-refractivity contribution is -0.303. The zero-order valence-electron chi connectivity index (χ0n) is 43.2. The third-order valence-electron chi connectivity index (χ3n) is 13.3. The topological polar surface area (TPSA) is 336 Å². The summed E-state index contributed by atoms with van der Waals surface area (Å²) < 4.78 is 23.8. The first-order valence-corrected chi connectivity index (χ1v) is 25.4. The van der Waals surface area contributed by atoms with Gasteiger partial charge in [-0.05, 0) is 58.4 Å². The number of aliphatic hydroxyl groups excluding tert-OH is 9. The van der Waals surface area contributed by atoms with Gasteiger partial charge in [-0.25, -0.2) is 4.79 Å². The van der Waals surface area contributed by atoms with Crippen molar-refractivity contribution >= 4 is 18.7 Å². The summed E-state index contributed by atoms with van der Waals surface area (Å²) in [7, 11) is 0. The Morgan fingerprint density at radius 1 is 0.770 bits per heavy atom. The lowest BCUT2D eigenvalue weighted by Crippen LogP contribution is -2.64. The summed E-state index contributed by atoms with van der Waals surface area (Å²) in [5, 5.41) is 116. The zero-order chi connectivity index (χ0) is 55.0. The highest BCUT2D eigenvalue weighted by Crippen LogP contribution is 2.35. The number of amides is 2. The third kappa shape index (κ3) is 22.4. The van der Waals surface area contributed by atoms with Gasteiger partial charge in [0.15, 0.2) is 12.1 Å². The van der Waals surface area contributed by atoms with Crippen molar-refractivity contribution in [3.8, 4) is 0 Å². The highest BCUT2D eigenvalue weighted by molar-refractivity contribution is 5.74. The number of aliphatic imine (C=N–C) groups is 1. The molecule has 3 aliphatic heterocycles. The van der Waals surface area contributed by atoms with Crippen LogP contribution in [-0.2, 0) is 23.7 Å². The number of rotatable bonds is 7. The summed E-state index contributed by atoms with van der Waals surface area (Å²) in [6, 6.07) is -3.06. The first kappa shape index (κ1) is 63.8. The zero-order valence-corrected chi connectivity index (χ0v) is 43.2. The summed E-state index contributed by atoms with van der Waals surface area (Å²) in [5.74, 6) is -3.75. The number of cyclic esters (lactones) is 1. The van der Waals surface area contributed by atoms with Crippen LogP contribution in [0, 0.1) is 11.8 Å². The fourth-order valence-electron chi connectivity index (χ4n) is 8.63. The van der Waals surface area contributed by atoms with Crippen molar-refractivity contribution in [2.75, 3.05) is 6.54 Å². The van der Waals surface area contributed by atoms with Gasteiger partial charge in [0.2, 0.25) is 0 Å². The largest absolute Gasteiger partial charge is 0.462 e. The second-order valence-electron chi connectivity index (χ2n) is 19.4. The van der Waals surface area contributed by atoms with Gasteiger partial charge < -0.3 is 86.4 Å². The molecule has 2 bridgehead atoms. The minimum absolute atomic E-state index is 0.0633. The molecule has 0 spiro atoms. The van der Waals surface area contributed by atoms with E-state index < -0.39 is 147 Å². The molecular weight excluding hydrogens is 961 g/mol. The van der Waals surface area contributed by atoms with Crippen LogP contribution in [0.25, 0.3) is 0 Å². The predicted octanol–water partition coefficient (Wildman–Crippen LogP) is 1.84. The molecule has 0 aromatic carbocycles. The summed E-state index contributed by atoms with van der Waals surface area (Å²) in [5.41, 5.74) is 6.81. The van der Waals surface area contributed by atoms with Crippen LogP contribution in [-0.4, -0.2) is 180 Å². The summed E-state index contributed by atoms with van der Waals surface area (Å²) >= 11 is 0. The van der Waals surface area contributed by atoms with E-state index in [1.807, 2.05) is 37.3 Å². The molecule has 3 rings (SSSR count). The maximum Gasteiger partial charge on any atom is 0.315 e. The average molecular weight is 1050 g/mol. The molecule has 3 aliphatic rings. The van der Waals surface area contributed by atoms with E-state index in [0.717, 1.165) is 0 Å². The molecule has 0 saturated carbocycles. The molecule has 2 amide bonds. The average Bonchev–Trinajstić information content (AvgIpc) is 3.33. The van der Waals surface area contributed by atoms with E-state index in [-0.39, 0.29) is 38.1 Å². The summed E-state index contributed by atoms with van der Waals surface area (Å²) in [6.07, 6.45) is 9.44. The number of hydrogen-bond acceptors (Lipinski definition) is 18. The number of esters is 1. The van der Waals surface area contributed by atoms with Crippen molar-refractivity contribution in [3.63, 3.8) is 0 Å². The highest BCUT2D eigenvalue weighted by Gasteiger charge is 2.49. The van der Waals surface area contributed by atoms with Gasteiger partial charge in [0.05, 0.1) is 85.6 Å². The summed E-state index contributed by atoms with van der Waals surface area (Å²) in [4.78, 5) is 29.8. The molecule has 2 fully saturated rings. The van der Waals surface area contributed by atoms with E-state index in [4.69, 9.17) is 24.7 Å². The number of hydrogen-bond donors (Lipinski definition) is 13. The van der Waals surface area contributed by atoms with Crippen molar-refractivity contribution in [2.24, 2.45) is 22.6 Å². The Balaban J connectivity index is 1.95. The number of ether oxygens (including phenoxy) is 4. The van der Waals surface area contributed by atoms with Gasteiger partial charge in [-0.15, -0.1) is 0 Å². The van der Waals surface area contributed by atoms with Crippen LogP contribution < -0.4 is 16.4 Å². The molecule has 74 heavy (non-hydrogen) atoms. The minimum Gasteiger partial charge on any atom is -0.462 e. The van der Waals surface area contributed by atoms with Crippen LogP contribution in [0.15, 0.2) is 114 Å². The van der Waals surface area contributed by atoms with Gasteiger partial charge in [0.1, 0.15) is 12.2 Å². The quantitative estimate of drug-likeness (QED) is 0.0983. The Bertz CT molecular complexity index is 1990. The Hall–Kier alpha value is -4.49. The van der Waals surface area contributed by atoms with Crippen molar-refractivity contribution < 1.29 is 79.6 Å². The molecular formula is C54H84N4O16. The molecule has 19 atom stereocenters. The summed E-state index contributed by atoms with van der Waals surface area (Å²) in [6.45, 7) is 12.0. The monoisotopic (exact) mass is 1040 g/mol. The van der Waals surface area contributed by atoms with E-state index in [1.54, 1.807) is 94.5 Å². The highest BCUT2D eigenvalue weighted by atomic mass is 16.7. The van der Waals surface area contributed by atoms with E-state index in [2.05, 4.69) is 22.3 Å². The van der Waals surface area contributed by atoms with Crippen LogP contribution in [0.4, 0.5) is 4.79 Å². The Morgan fingerprint density at radius 3 is 1.99 bits per heavy atom. The number of fused-ring (bicyclic) bond motifs is 2. The van der Waals surface area contributed by atoms with Crippen LogP contribution in [0.5, 0.6) is 0 Å². The van der Waals surface area contributed by atoms with E-state index in [1.165, 1.54) is 6.20 Å². The third-order valence-corrected chi connectivity index (χ3v) is 13.3. The molecule has 3 heterocycles. The molecule has 0 aliphatic carbocycles. The van der Waals surface area contributed by atoms with Gasteiger partial charge in [0, 0.05) is 50.3 Å². The van der Waals surface area contributed by atoms with Crippen molar-refractivity contribution in [2.45, 2.75) is 189 Å². The van der Waals surface area contributed by atoms with Crippen LogP contribution in [0.3, 0.4) is 0 Å². The fraction of sp³-hybridized carbons (Fsp3) is 0.611. The van der Waals surface area contributed by atoms with Gasteiger partial charge in [0.25, 0.3) is 0 Å². The van der Waals surface area contributed by atoms with Gasteiger partial charge in [-0.1, -0.05) is 105 Å². The van der Waals surface area contributed by atoms with Crippen LogP contribution in [0.2, 0.25) is 0 Å². The van der Waals surface area contributed by atoms with E-state index in [0.29, 0.717) is 5.57 Å². The maximum absolute atomic E-state index is 13.4. The number of aliphatic hydroxyl groups is 10. The molecule has 0 radical (unpaired) electrons. The number of allylic oxidation sites excluding steroid dienone is 13. The second kappa shape index (κ2) is 32.8. The van der Waals surface area contributed by atoms with Gasteiger partial charge in [-0.3, -0.25) is 9.79 Å². The molecule has 0 unspecified atom stereocenters. The van der Waals surface area contributed by atoms with Crippen LogP contribution in [0.1, 0.15) is 86.0 Å². The second-order valence-corrected chi connectivity index (χ2v) is 19.4. The Kier molecular flexibility index (Phi) is 28.3. The predicted molar refractivity (Wildman–Crippen MR) is 279 cm³/mol. The molecule has 416 valence electrons. The number of carbonyl (C=O) groups excluding carboxylic acids is 2. The minimum atomic E-state index is -2.28. The Morgan fingerprint density at radius 2 is 1.38 bits per heavy atom. The molecule has 20 heteroatoms. The molecule has 2 saturated heterocycles. The number of carbonyl (C=O) groups is 2. The van der Waals surface area contributed by atoms with Crippen molar-refractivity contribution in [1.82, 2.24) is 10.6 Å². The maximum atomic E-state index is 13.4. The number of nitrogens with one attached hydrogen (secondary N) is 2. The number of nitrogens with zero attached hydrogens (tertiary/aromatic N) is 1. The van der Waals surface area contributed by atoms with Gasteiger partial charge >= 0.3 is 12.0 Å². The standard InChI is InChI=1S/C54H84N4O16/c1-7-37(24-25-56-6)32-57-53(69)58-48-44(64)31-54(70)30-40(61)27-43(63)42(62)23-22-38(59)26-39(60)28-46(65)71-35(4)34(3)49(66)33(2)20-18-16-14-12-10-8-9-11-13-15-17-19-21-41(29-45(48)74-54)73-52-51(68)47(55)50(67)36(5)72-52/h7-21,24-25,33-36,38-45,47-52,59-64,66-68,70H,6,22-23,26-32,55H2,1-5H3,(H2,57,58,69)/b9-8+,12-10+,13-11+,16-14+,17-15+,20-18+,21-19+,25-24-,37-7+/t33-,34-,35-,36+,38+,39+,40-,41-,42+,43+,44-,45-,47-,48+,49+,50+,51-,52-,54+/m0/s1. The fourth-order valence-corrected chi connectivity index (χ4v) is 8.63. The lowest BCUT2D eigenvalue weighted by Gasteiger charge is -2.46. The first-order chi connectivity index (χ1) is 35.1. The normalized spacial score (nSPS) is 41.6. The van der Waals surface area contributed by atoms with E-state index >= 15 is 0 Å². The Labute approximate surface area is 435 Å². The smallest absolute Gasteiger partial charge is 0.315 e. The first-order valence-electron chi connectivity index (χ1n) is 25.4. The number of urea groups is 1. The molecule has 14 N–H and O–H groups in total. The van der Waals surface area contributed by atoms with Crippen molar-refractivity contribution in [1.29, 1.82) is 0 Å². The molecule has 0 aromatic rings. The molecule has 20 nitrogen and oxygen atoms in total. The molecule has 0 aromatic heterocycles. The number of nitrogens with two attached hydrogens (primary N) is 1.